The fourth-order valence-electron chi connectivity index (χ4n) is 3.79. The molecule has 1 unspecified atom stereocenters. The highest BCUT2D eigenvalue weighted by atomic mass is 32.1. The van der Waals surface area contributed by atoms with E-state index in [1.54, 1.807) is 22.8 Å². The number of amides is 3. The van der Waals surface area contributed by atoms with Crippen LogP contribution in [0, 0.1) is 5.92 Å². The molecule has 0 spiro atoms. The zero-order valence-electron chi connectivity index (χ0n) is 19.8. The molecular weight excluding hydrogens is 454 g/mol. The van der Waals surface area contributed by atoms with E-state index in [2.05, 4.69) is 9.88 Å². The summed E-state index contributed by atoms with van der Waals surface area (Å²) in [5, 5.41) is 1.63. The lowest BCUT2D eigenvalue weighted by molar-refractivity contribution is -0.136. The molecule has 0 bridgehead atoms. The van der Waals surface area contributed by atoms with Crippen LogP contribution in [0.2, 0.25) is 0 Å². The van der Waals surface area contributed by atoms with Gasteiger partial charge in [-0.1, -0.05) is 30.3 Å². The number of likely N-dealkylation sites (N-methyl/N-ethyl adjacent to an activating group) is 1. The van der Waals surface area contributed by atoms with Gasteiger partial charge in [-0.2, -0.15) is 0 Å². The largest absolute Gasteiger partial charge is 0.379 e. The van der Waals surface area contributed by atoms with Crippen LogP contribution in [0.4, 0.5) is 5.82 Å². The van der Waals surface area contributed by atoms with E-state index in [0.717, 1.165) is 30.1 Å². The van der Waals surface area contributed by atoms with E-state index in [9.17, 15) is 14.4 Å². The number of anilines is 1. The third kappa shape index (κ3) is 7.17. The number of thiazole rings is 1. The number of imide groups is 1. The summed E-state index contributed by atoms with van der Waals surface area (Å²) in [6.07, 6.45) is 0.315. The third-order valence-corrected chi connectivity index (χ3v) is 6.43. The molecule has 1 saturated heterocycles. The smallest absolute Gasteiger partial charge is 0.251 e. The topological polar surface area (TPSA) is 109 Å². The Kier molecular flexibility index (Phi) is 9.70. The number of morpholine rings is 1. The molecule has 0 aliphatic carbocycles. The number of hydrogen-bond donors (Lipinski definition) is 1. The fraction of sp³-hybridized carbons (Fsp3) is 0.500. The van der Waals surface area contributed by atoms with Crippen LogP contribution in [0.3, 0.4) is 0 Å². The first-order chi connectivity index (χ1) is 16.4. The average Bonchev–Trinajstić information content (AvgIpc) is 3.37. The van der Waals surface area contributed by atoms with E-state index in [0.29, 0.717) is 26.2 Å². The number of ether oxygens (including phenoxy) is 1. The first-order valence-corrected chi connectivity index (χ1v) is 12.4. The van der Waals surface area contributed by atoms with Crippen molar-refractivity contribution >= 4 is 34.9 Å². The van der Waals surface area contributed by atoms with Gasteiger partial charge in [0.15, 0.2) is 5.82 Å². The Hall–Kier alpha value is -2.66. The van der Waals surface area contributed by atoms with E-state index >= 15 is 0 Å². The van der Waals surface area contributed by atoms with E-state index in [-0.39, 0.29) is 18.1 Å². The summed E-state index contributed by atoms with van der Waals surface area (Å²) in [5.74, 6) is -1.64. The molecule has 0 radical (unpaired) electrons. The molecule has 3 rings (SSSR count). The summed E-state index contributed by atoms with van der Waals surface area (Å²) in [5.41, 5.74) is 8.31. The number of aromatic nitrogens is 1. The van der Waals surface area contributed by atoms with Crippen LogP contribution in [0.5, 0.6) is 0 Å². The van der Waals surface area contributed by atoms with Crippen molar-refractivity contribution in [3.63, 3.8) is 0 Å². The highest BCUT2D eigenvalue weighted by Crippen LogP contribution is 2.23. The highest BCUT2D eigenvalue weighted by molar-refractivity contribution is 7.08. The van der Waals surface area contributed by atoms with Crippen molar-refractivity contribution < 1.29 is 19.1 Å². The maximum Gasteiger partial charge on any atom is 0.251 e. The normalized spacial score (nSPS) is 16.0. The molecule has 2 atom stereocenters. The molecule has 3 amide bonds. The summed E-state index contributed by atoms with van der Waals surface area (Å²) in [4.78, 5) is 48.8. The molecule has 0 saturated carbocycles. The van der Waals surface area contributed by atoms with Crippen LogP contribution in [-0.2, 0) is 25.5 Å². The molecule has 2 aromatic rings. The van der Waals surface area contributed by atoms with Gasteiger partial charge in [0.05, 0.1) is 30.7 Å². The standard InChI is InChI=1S/C24H33N5O4S/c1-18(25)23(31)29(21-16-34-17-26-21)24(32)20(14-19-6-4-3-5-7-19)15-22(30)27(2)8-9-28-10-12-33-13-11-28/h3-7,16-18,20H,8-15,25H2,1-2H3/t18-,20?/m1/s1. The van der Waals surface area contributed by atoms with Crippen LogP contribution in [0.15, 0.2) is 41.2 Å². The number of nitrogens with two attached hydrogens (primary N) is 1. The summed E-state index contributed by atoms with van der Waals surface area (Å²) in [7, 11) is 1.75. The monoisotopic (exact) mass is 487 g/mol. The first-order valence-electron chi connectivity index (χ1n) is 11.5. The molecule has 1 aliphatic rings. The zero-order chi connectivity index (χ0) is 24.5. The summed E-state index contributed by atoms with van der Waals surface area (Å²) in [6, 6.07) is 8.61. The minimum Gasteiger partial charge on any atom is -0.379 e. The molecule has 10 heteroatoms. The molecule has 2 heterocycles. The van der Waals surface area contributed by atoms with Crippen molar-refractivity contribution in [1.29, 1.82) is 0 Å². The van der Waals surface area contributed by atoms with Crippen molar-refractivity contribution in [2.24, 2.45) is 11.7 Å². The predicted octanol–water partition coefficient (Wildman–Crippen LogP) is 1.39. The van der Waals surface area contributed by atoms with Crippen molar-refractivity contribution in [3.05, 3.63) is 46.8 Å². The number of benzene rings is 1. The van der Waals surface area contributed by atoms with Gasteiger partial charge >= 0.3 is 0 Å². The Bertz CT molecular complexity index is 932. The second-order valence-electron chi connectivity index (χ2n) is 8.51. The van der Waals surface area contributed by atoms with Gasteiger partial charge in [0.1, 0.15) is 0 Å². The Labute approximate surface area is 204 Å². The SMILES string of the molecule is C[C@@H](N)C(=O)N(C(=O)C(CC(=O)N(C)CCN1CCOCC1)Cc1ccccc1)c1cscn1. The summed E-state index contributed by atoms with van der Waals surface area (Å²) < 4.78 is 5.37. The maximum atomic E-state index is 13.7. The minimum atomic E-state index is -0.880. The van der Waals surface area contributed by atoms with Crippen molar-refractivity contribution in [3.8, 4) is 0 Å². The van der Waals surface area contributed by atoms with Gasteiger partial charge in [-0.05, 0) is 18.9 Å². The number of carbonyl (C=O) groups is 3. The van der Waals surface area contributed by atoms with E-state index in [1.807, 2.05) is 30.3 Å². The highest BCUT2D eigenvalue weighted by Gasteiger charge is 2.34. The van der Waals surface area contributed by atoms with Gasteiger partial charge in [-0.15, -0.1) is 11.3 Å². The van der Waals surface area contributed by atoms with Crippen LogP contribution >= 0.6 is 11.3 Å². The minimum absolute atomic E-state index is 0.0137. The predicted molar refractivity (Wildman–Crippen MR) is 131 cm³/mol. The van der Waals surface area contributed by atoms with Crippen LogP contribution in [-0.4, -0.2) is 85.0 Å². The molecule has 9 nitrogen and oxygen atoms in total. The van der Waals surface area contributed by atoms with E-state index < -0.39 is 23.8 Å². The lowest BCUT2D eigenvalue weighted by Crippen LogP contribution is -2.49. The summed E-state index contributed by atoms with van der Waals surface area (Å²) >= 11 is 1.28. The molecule has 1 aromatic carbocycles. The zero-order valence-corrected chi connectivity index (χ0v) is 20.6. The van der Waals surface area contributed by atoms with Gasteiger partial charge in [-0.25, -0.2) is 9.88 Å². The van der Waals surface area contributed by atoms with Crippen LogP contribution in [0.25, 0.3) is 0 Å². The Morgan fingerprint density at radius 1 is 1.18 bits per heavy atom. The average molecular weight is 488 g/mol. The lowest BCUT2D eigenvalue weighted by atomic mass is 9.93. The molecule has 1 aliphatic heterocycles. The molecule has 2 N–H and O–H groups in total. The van der Waals surface area contributed by atoms with E-state index in [1.165, 1.54) is 18.3 Å². The third-order valence-electron chi connectivity index (χ3n) is 5.85. The molecule has 184 valence electrons. The Balaban J connectivity index is 1.76. The maximum absolute atomic E-state index is 13.7. The lowest BCUT2D eigenvalue weighted by Gasteiger charge is -2.29. The number of rotatable bonds is 10. The second-order valence-corrected chi connectivity index (χ2v) is 9.23. The van der Waals surface area contributed by atoms with Crippen molar-refractivity contribution in [2.75, 3.05) is 51.3 Å². The Morgan fingerprint density at radius 2 is 1.88 bits per heavy atom. The molecule has 1 fully saturated rings. The second kappa shape index (κ2) is 12.7. The van der Waals surface area contributed by atoms with Gasteiger partial charge in [0.25, 0.3) is 5.91 Å². The summed E-state index contributed by atoms with van der Waals surface area (Å²) in [6.45, 7) is 5.93. The van der Waals surface area contributed by atoms with Gasteiger partial charge in [0.2, 0.25) is 11.8 Å². The molecular formula is C24H33N5O4S. The number of carbonyl (C=O) groups excluding carboxylic acids is 3. The van der Waals surface area contributed by atoms with Crippen molar-refractivity contribution in [2.45, 2.75) is 25.8 Å². The quantitative estimate of drug-likeness (QED) is 0.539. The Morgan fingerprint density at radius 3 is 2.50 bits per heavy atom. The van der Waals surface area contributed by atoms with Gasteiger partial charge < -0.3 is 15.4 Å². The van der Waals surface area contributed by atoms with Crippen LogP contribution < -0.4 is 10.6 Å². The van der Waals surface area contributed by atoms with Crippen molar-refractivity contribution in [1.82, 2.24) is 14.8 Å². The van der Waals surface area contributed by atoms with Gasteiger partial charge in [-0.3, -0.25) is 19.3 Å². The van der Waals surface area contributed by atoms with Crippen LogP contribution in [0.1, 0.15) is 18.9 Å². The van der Waals surface area contributed by atoms with E-state index in [4.69, 9.17) is 10.5 Å². The number of nitrogens with zero attached hydrogens (tertiary/aromatic N) is 4. The fourth-order valence-corrected chi connectivity index (χ4v) is 4.31. The number of hydrogen-bond acceptors (Lipinski definition) is 8. The molecule has 1 aromatic heterocycles. The first kappa shape index (κ1) is 26.0. The van der Waals surface area contributed by atoms with Gasteiger partial charge in [0, 0.05) is 45.0 Å². The molecule has 34 heavy (non-hydrogen) atoms.